The average Bonchev–Trinajstić information content (AvgIpc) is 2.27. The van der Waals surface area contributed by atoms with Crippen molar-refractivity contribution in [3.63, 3.8) is 0 Å². The van der Waals surface area contributed by atoms with Crippen molar-refractivity contribution in [2.75, 3.05) is 5.32 Å². The number of fused-ring (bicyclic) bond motifs is 1. The Morgan fingerprint density at radius 3 is 3.09 bits per heavy atom. The van der Waals surface area contributed by atoms with Gasteiger partial charge in [0.1, 0.15) is 0 Å². The van der Waals surface area contributed by atoms with Crippen LogP contribution in [0.1, 0.15) is 0 Å². The first kappa shape index (κ1) is 7.07. The van der Waals surface area contributed by atoms with E-state index in [1.54, 1.807) is 11.8 Å². The van der Waals surface area contributed by atoms with E-state index in [1.165, 1.54) is 4.90 Å². The quantitative estimate of drug-likeness (QED) is 0.662. The van der Waals surface area contributed by atoms with Crippen LogP contribution < -0.4 is 5.32 Å². The zero-order valence-corrected chi connectivity index (χ0v) is 7.30. The van der Waals surface area contributed by atoms with Gasteiger partial charge in [0.25, 0.3) is 0 Å². The lowest BCUT2D eigenvalue weighted by Gasteiger charge is -1.96. The maximum absolute atomic E-state index is 5.79. The fourth-order valence-electron chi connectivity index (χ4n) is 0.997. The van der Waals surface area contributed by atoms with Gasteiger partial charge in [0.15, 0.2) is 0 Å². The van der Waals surface area contributed by atoms with Gasteiger partial charge in [-0.15, -0.1) is 0 Å². The van der Waals surface area contributed by atoms with E-state index in [-0.39, 0.29) is 0 Å². The summed E-state index contributed by atoms with van der Waals surface area (Å²) >= 11 is 7.43. The van der Waals surface area contributed by atoms with Gasteiger partial charge in [-0.1, -0.05) is 29.9 Å². The highest BCUT2D eigenvalue weighted by Gasteiger charge is 2.13. The molecular weight excluding hydrogens is 178 g/mol. The number of benzene rings is 1. The van der Waals surface area contributed by atoms with Crippen LogP contribution in [0.3, 0.4) is 0 Å². The van der Waals surface area contributed by atoms with Gasteiger partial charge < -0.3 is 5.32 Å². The molecule has 1 aromatic rings. The molecule has 11 heavy (non-hydrogen) atoms. The first-order valence-corrected chi connectivity index (χ1v) is 4.38. The number of rotatable bonds is 0. The van der Waals surface area contributed by atoms with Crippen molar-refractivity contribution in [3.05, 3.63) is 34.8 Å². The molecule has 1 aliphatic heterocycles. The Kier molecular flexibility index (Phi) is 1.59. The summed E-state index contributed by atoms with van der Waals surface area (Å²) in [5.74, 6) is 0. The molecular formula is C8H6ClNS. The fourth-order valence-corrected chi connectivity index (χ4v) is 1.95. The van der Waals surface area contributed by atoms with Crippen molar-refractivity contribution in [2.45, 2.75) is 4.90 Å². The van der Waals surface area contributed by atoms with Gasteiger partial charge in [-0.2, -0.15) is 0 Å². The highest BCUT2D eigenvalue weighted by atomic mass is 35.5. The topological polar surface area (TPSA) is 12.0 Å². The second kappa shape index (κ2) is 2.47. The van der Waals surface area contributed by atoms with Gasteiger partial charge in [-0.25, -0.2) is 0 Å². The molecule has 0 amide bonds. The SMILES string of the molecule is C=C1Nc2cc(Cl)ccc2S1. The van der Waals surface area contributed by atoms with Crippen LogP contribution >= 0.6 is 23.4 Å². The molecule has 1 aliphatic rings. The van der Waals surface area contributed by atoms with Gasteiger partial charge in [0.2, 0.25) is 0 Å². The minimum Gasteiger partial charge on any atom is -0.349 e. The van der Waals surface area contributed by atoms with Crippen LogP contribution in [0, 0.1) is 0 Å². The van der Waals surface area contributed by atoms with Gasteiger partial charge in [0, 0.05) is 9.92 Å². The second-order valence-electron chi connectivity index (χ2n) is 2.29. The molecule has 0 radical (unpaired) electrons. The largest absolute Gasteiger partial charge is 0.349 e. The third-order valence-electron chi connectivity index (χ3n) is 1.45. The minimum atomic E-state index is 0.756. The Bertz CT molecular complexity index is 322. The molecule has 0 unspecified atom stereocenters. The number of anilines is 1. The molecule has 0 atom stereocenters. The maximum atomic E-state index is 5.79. The summed E-state index contributed by atoms with van der Waals surface area (Å²) in [6.07, 6.45) is 0. The predicted molar refractivity (Wildman–Crippen MR) is 50.1 cm³/mol. The lowest BCUT2D eigenvalue weighted by atomic mass is 10.3. The molecule has 1 heterocycles. The Labute approximate surface area is 74.4 Å². The van der Waals surface area contributed by atoms with Crippen molar-refractivity contribution in [3.8, 4) is 0 Å². The number of hydrogen-bond donors (Lipinski definition) is 1. The van der Waals surface area contributed by atoms with E-state index < -0.39 is 0 Å². The summed E-state index contributed by atoms with van der Waals surface area (Å²) < 4.78 is 0. The summed E-state index contributed by atoms with van der Waals surface area (Å²) in [4.78, 5) is 1.19. The van der Waals surface area contributed by atoms with Gasteiger partial charge in [-0.05, 0) is 18.2 Å². The van der Waals surface area contributed by atoms with Crippen LogP contribution in [0.25, 0.3) is 0 Å². The molecule has 1 nitrogen and oxygen atoms in total. The first-order valence-electron chi connectivity index (χ1n) is 3.19. The van der Waals surface area contributed by atoms with Gasteiger partial charge in [0.05, 0.1) is 10.7 Å². The highest BCUT2D eigenvalue weighted by molar-refractivity contribution is 8.03. The van der Waals surface area contributed by atoms with Crippen molar-refractivity contribution in [1.82, 2.24) is 0 Å². The van der Waals surface area contributed by atoms with Crippen molar-refractivity contribution in [1.29, 1.82) is 0 Å². The molecule has 0 bridgehead atoms. The lowest BCUT2D eigenvalue weighted by Crippen LogP contribution is -1.84. The molecule has 3 heteroatoms. The normalized spacial score (nSPS) is 14.5. The number of halogens is 1. The van der Waals surface area contributed by atoms with Crippen LogP contribution in [0.15, 0.2) is 34.7 Å². The van der Waals surface area contributed by atoms with Crippen LogP contribution in [0.5, 0.6) is 0 Å². The third kappa shape index (κ3) is 1.24. The summed E-state index contributed by atoms with van der Waals surface area (Å²) in [5.41, 5.74) is 1.06. The second-order valence-corrected chi connectivity index (χ2v) is 3.86. The predicted octanol–water partition coefficient (Wildman–Crippen LogP) is 3.33. The lowest BCUT2D eigenvalue weighted by molar-refractivity contribution is 1.46. The van der Waals surface area contributed by atoms with Crippen LogP contribution in [0.4, 0.5) is 5.69 Å². The number of thioether (sulfide) groups is 1. The van der Waals surface area contributed by atoms with E-state index >= 15 is 0 Å². The molecule has 2 rings (SSSR count). The monoisotopic (exact) mass is 183 g/mol. The maximum Gasteiger partial charge on any atom is 0.0701 e. The summed E-state index contributed by atoms with van der Waals surface area (Å²) in [7, 11) is 0. The van der Waals surface area contributed by atoms with Crippen molar-refractivity contribution >= 4 is 29.1 Å². The Balaban J connectivity index is 2.51. The molecule has 0 saturated carbocycles. The van der Waals surface area contributed by atoms with Gasteiger partial charge >= 0.3 is 0 Å². The van der Waals surface area contributed by atoms with E-state index in [9.17, 15) is 0 Å². The molecule has 0 aromatic heterocycles. The van der Waals surface area contributed by atoms with Crippen LogP contribution in [-0.4, -0.2) is 0 Å². The fraction of sp³-hybridized carbons (Fsp3) is 0. The Morgan fingerprint density at radius 2 is 2.27 bits per heavy atom. The molecule has 1 aromatic carbocycles. The molecule has 0 fully saturated rings. The van der Waals surface area contributed by atoms with E-state index in [1.807, 2.05) is 18.2 Å². The average molecular weight is 184 g/mol. The molecule has 0 aliphatic carbocycles. The van der Waals surface area contributed by atoms with E-state index in [0.717, 1.165) is 15.7 Å². The number of nitrogens with one attached hydrogen (secondary N) is 1. The van der Waals surface area contributed by atoms with E-state index in [2.05, 4.69) is 11.9 Å². The smallest absolute Gasteiger partial charge is 0.0701 e. The first-order chi connectivity index (χ1) is 5.25. The van der Waals surface area contributed by atoms with E-state index in [4.69, 9.17) is 11.6 Å². The summed E-state index contributed by atoms with van der Waals surface area (Å²) in [6, 6.07) is 5.78. The van der Waals surface area contributed by atoms with Crippen LogP contribution in [0.2, 0.25) is 5.02 Å². The molecule has 1 N–H and O–H groups in total. The zero-order valence-electron chi connectivity index (χ0n) is 5.73. The zero-order chi connectivity index (χ0) is 7.84. The van der Waals surface area contributed by atoms with Crippen molar-refractivity contribution in [2.24, 2.45) is 0 Å². The minimum absolute atomic E-state index is 0.756. The third-order valence-corrected chi connectivity index (χ3v) is 2.61. The number of hydrogen-bond acceptors (Lipinski definition) is 2. The summed E-state index contributed by atoms with van der Waals surface area (Å²) in [6.45, 7) is 3.81. The summed E-state index contributed by atoms with van der Waals surface area (Å²) in [5, 5.41) is 4.84. The van der Waals surface area contributed by atoms with E-state index in [0.29, 0.717) is 0 Å². The van der Waals surface area contributed by atoms with Crippen molar-refractivity contribution < 1.29 is 0 Å². The van der Waals surface area contributed by atoms with Crippen LogP contribution in [-0.2, 0) is 0 Å². The standard InChI is InChI=1S/C8H6ClNS/c1-5-10-7-4-6(9)2-3-8(7)11-5/h2-4,10H,1H2. The molecule has 0 spiro atoms. The Morgan fingerprint density at radius 1 is 1.45 bits per heavy atom. The Hall–Kier alpha value is -0.600. The highest BCUT2D eigenvalue weighted by Crippen LogP contribution is 2.40. The molecule has 56 valence electrons. The molecule has 0 saturated heterocycles. The van der Waals surface area contributed by atoms with Gasteiger partial charge in [-0.3, -0.25) is 0 Å².